The predicted octanol–water partition coefficient (Wildman–Crippen LogP) is 3.67. The molecule has 0 bridgehead atoms. The van der Waals surface area contributed by atoms with E-state index in [4.69, 9.17) is 37.8 Å². The van der Waals surface area contributed by atoms with Crippen LogP contribution in [0.3, 0.4) is 0 Å². The van der Waals surface area contributed by atoms with E-state index >= 15 is 0 Å². The molecule has 3 rings (SSSR count). The van der Waals surface area contributed by atoms with Crippen molar-refractivity contribution in [1.82, 2.24) is 4.98 Å². The summed E-state index contributed by atoms with van der Waals surface area (Å²) in [5, 5.41) is 8.77. The van der Waals surface area contributed by atoms with E-state index in [0.717, 1.165) is 0 Å². The van der Waals surface area contributed by atoms with Crippen LogP contribution in [0.25, 0.3) is 22.1 Å². The van der Waals surface area contributed by atoms with Crippen molar-refractivity contribution in [2.75, 3.05) is 7.11 Å². The molecule has 2 N–H and O–H groups in total. The number of halogens is 2. The number of aromatic amines is 1. The number of esters is 1. The number of ether oxygens (including phenoxy) is 1. The predicted molar refractivity (Wildman–Crippen MR) is 94.2 cm³/mol. The van der Waals surface area contributed by atoms with Crippen LogP contribution in [0.2, 0.25) is 10.0 Å². The van der Waals surface area contributed by atoms with Gasteiger partial charge in [-0.1, -0.05) is 29.3 Å². The minimum atomic E-state index is -0.795. The molecule has 128 valence electrons. The molecule has 0 unspecified atom stereocenters. The number of aryl methyl sites for hydroxylation is 1. The molecule has 2 heterocycles. The molecule has 8 heteroatoms. The smallest absolute Gasteiger partial charge is 0.344 e. The van der Waals surface area contributed by atoms with E-state index in [2.05, 4.69) is 4.98 Å². The van der Waals surface area contributed by atoms with Crippen LogP contribution < -0.4 is 11.1 Å². The Bertz CT molecular complexity index is 1130. The molecule has 0 saturated carbocycles. The molecule has 0 aliphatic heterocycles. The van der Waals surface area contributed by atoms with Crippen molar-refractivity contribution < 1.29 is 13.9 Å². The summed E-state index contributed by atoms with van der Waals surface area (Å²) in [6, 6.07) is 6.25. The Morgan fingerprint density at radius 1 is 1.24 bits per heavy atom. The summed E-state index contributed by atoms with van der Waals surface area (Å²) >= 11 is 12.0. The fourth-order valence-electron chi connectivity index (χ4n) is 2.61. The van der Waals surface area contributed by atoms with Crippen LogP contribution in [-0.4, -0.2) is 18.1 Å². The number of carbonyl (C=O) groups is 1. The number of benzene rings is 1. The number of nitrogens with one attached hydrogen (secondary N) is 2. The summed E-state index contributed by atoms with van der Waals surface area (Å²) in [6.07, 6.45) is 0. The van der Waals surface area contributed by atoms with Crippen LogP contribution in [0, 0.1) is 12.3 Å². The van der Waals surface area contributed by atoms with Gasteiger partial charge in [-0.15, -0.1) is 0 Å². The van der Waals surface area contributed by atoms with E-state index in [1.807, 2.05) is 0 Å². The van der Waals surface area contributed by atoms with E-state index in [9.17, 15) is 9.59 Å². The van der Waals surface area contributed by atoms with Crippen molar-refractivity contribution in [3.8, 4) is 11.1 Å². The maximum atomic E-state index is 12.5. The Kier molecular flexibility index (Phi) is 4.41. The van der Waals surface area contributed by atoms with Gasteiger partial charge < -0.3 is 14.1 Å². The molecule has 0 spiro atoms. The fraction of sp³-hybridized carbons (Fsp3) is 0.118. The average molecular weight is 379 g/mol. The molecule has 0 aliphatic rings. The van der Waals surface area contributed by atoms with E-state index in [1.54, 1.807) is 25.1 Å². The normalized spacial score (nSPS) is 10.9. The number of aromatic nitrogens is 1. The second kappa shape index (κ2) is 6.38. The summed E-state index contributed by atoms with van der Waals surface area (Å²) < 4.78 is 10.1. The zero-order valence-electron chi connectivity index (χ0n) is 13.2. The Hall–Kier alpha value is -2.57. The quantitative estimate of drug-likeness (QED) is 0.664. The summed E-state index contributed by atoms with van der Waals surface area (Å²) in [7, 11) is 1.18. The summed E-state index contributed by atoms with van der Waals surface area (Å²) in [6.45, 7) is 1.69. The highest BCUT2D eigenvalue weighted by molar-refractivity contribution is 6.42. The molecular formula is C17H12Cl2N2O4. The van der Waals surface area contributed by atoms with Gasteiger partial charge in [0.15, 0.2) is 0 Å². The third-order valence-electron chi connectivity index (χ3n) is 3.67. The standard InChI is InChI=1S/C17H12Cl2N2O4/c1-7-5-11-13(16(22)21-7)12(8-3-4-9(18)10(19)6-8)14(15(20)25-11)17(23)24-2/h3-6,20H,1-2H3,(H,21,22). The van der Waals surface area contributed by atoms with Gasteiger partial charge in [-0.25, -0.2) is 4.79 Å². The van der Waals surface area contributed by atoms with Gasteiger partial charge in [0.25, 0.3) is 5.56 Å². The molecule has 0 amide bonds. The number of fused-ring (bicyclic) bond motifs is 1. The molecule has 0 atom stereocenters. The Labute approximate surface area is 151 Å². The van der Waals surface area contributed by atoms with Crippen LogP contribution in [0.15, 0.2) is 33.5 Å². The van der Waals surface area contributed by atoms with Gasteiger partial charge in [-0.3, -0.25) is 10.2 Å². The Balaban J connectivity index is 2.56. The second-order valence-electron chi connectivity index (χ2n) is 5.32. The van der Waals surface area contributed by atoms with Crippen LogP contribution >= 0.6 is 23.2 Å². The van der Waals surface area contributed by atoms with Crippen LogP contribution in [-0.2, 0) is 4.74 Å². The van der Waals surface area contributed by atoms with Gasteiger partial charge in [0.05, 0.1) is 22.5 Å². The van der Waals surface area contributed by atoms with Gasteiger partial charge in [0.1, 0.15) is 11.1 Å². The zero-order valence-corrected chi connectivity index (χ0v) is 14.7. The lowest BCUT2D eigenvalue weighted by molar-refractivity contribution is 0.0596. The average Bonchev–Trinajstić information content (AvgIpc) is 2.55. The highest BCUT2D eigenvalue weighted by atomic mass is 35.5. The van der Waals surface area contributed by atoms with Crippen molar-refractivity contribution in [2.45, 2.75) is 6.92 Å². The second-order valence-corrected chi connectivity index (χ2v) is 6.14. The molecule has 0 aliphatic carbocycles. The van der Waals surface area contributed by atoms with Gasteiger partial charge in [0, 0.05) is 17.3 Å². The maximum Gasteiger partial charge on any atom is 0.344 e. The number of H-pyrrole nitrogens is 1. The topological polar surface area (TPSA) is 96.2 Å². The molecule has 25 heavy (non-hydrogen) atoms. The fourth-order valence-corrected chi connectivity index (χ4v) is 2.91. The monoisotopic (exact) mass is 378 g/mol. The number of pyridine rings is 1. The number of hydrogen-bond donors (Lipinski definition) is 2. The van der Waals surface area contributed by atoms with Gasteiger partial charge in [0.2, 0.25) is 5.55 Å². The number of methoxy groups -OCH3 is 1. The Morgan fingerprint density at radius 3 is 2.60 bits per heavy atom. The van der Waals surface area contributed by atoms with Gasteiger partial charge >= 0.3 is 5.97 Å². The molecule has 1 aromatic carbocycles. The van der Waals surface area contributed by atoms with E-state index in [-0.39, 0.29) is 27.1 Å². The van der Waals surface area contributed by atoms with Crippen molar-refractivity contribution >= 4 is 40.1 Å². The first-order valence-corrected chi connectivity index (χ1v) is 7.88. The summed E-state index contributed by atoms with van der Waals surface area (Å²) in [4.78, 5) is 27.4. The summed E-state index contributed by atoms with van der Waals surface area (Å²) in [5.41, 5.74) is 0.362. The molecule has 0 radical (unpaired) electrons. The minimum absolute atomic E-state index is 0.125. The SMILES string of the molecule is COC(=O)c1c(-c2ccc(Cl)c(Cl)c2)c2c(=O)[nH]c(C)cc2oc1=N. The van der Waals surface area contributed by atoms with Crippen molar-refractivity contribution in [1.29, 1.82) is 5.41 Å². The molecule has 3 aromatic rings. The zero-order chi connectivity index (χ0) is 18.3. The minimum Gasteiger partial charge on any atom is -0.465 e. The maximum absolute atomic E-state index is 12.5. The molecule has 0 fully saturated rings. The molecular weight excluding hydrogens is 367 g/mol. The molecule has 0 saturated heterocycles. The Morgan fingerprint density at radius 2 is 1.96 bits per heavy atom. The largest absolute Gasteiger partial charge is 0.465 e. The molecule has 6 nitrogen and oxygen atoms in total. The van der Waals surface area contributed by atoms with Crippen molar-refractivity contribution in [3.05, 3.63) is 61.5 Å². The lowest BCUT2D eigenvalue weighted by atomic mass is 9.97. The van der Waals surface area contributed by atoms with Gasteiger partial charge in [-0.05, 0) is 24.6 Å². The van der Waals surface area contributed by atoms with Gasteiger partial charge in [-0.2, -0.15) is 0 Å². The first kappa shape index (κ1) is 17.3. The first-order valence-electron chi connectivity index (χ1n) is 7.12. The first-order chi connectivity index (χ1) is 11.8. The van der Waals surface area contributed by atoms with E-state index < -0.39 is 17.1 Å². The molecule has 2 aromatic heterocycles. The highest BCUT2D eigenvalue weighted by Gasteiger charge is 2.23. The van der Waals surface area contributed by atoms with Crippen LogP contribution in [0.4, 0.5) is 0 Å². The lowest BCUT2D eigenvalue weighted by Crippen LogP contribution is -2.20. The van der Waals surface area contributed by atoms with Crippen molar-refractivity contribution in [3.63, 3.8) is 0 Å². The number of carbonyl (C=O) groups excluding carboxylic acids is 1. The highest BCUT2D eigenvalue weighted by Crippen LogP contribution is 2.33. The van der Waals surface area contributed by atoms with E-state index in [1.165, 1.54) is 13.2 Å². The number of rotatable bonds is 2. The van der Waals surface area contributed by atoms with Crippen molar-refractivity contribution in [2.24, 2.45) is 0 Å². The lowest BCUT2D eigenvalue weighted by Gasteiger charge is -2.12. The van der Waals surface area contributed by atoms with Crippen LogP contribution in [0.5, 0.6) is 0 Å². The third kappa shape index (κ3) is 2.94. The summed E-state index contributed by atoms with van der Waals surface area (Å²) in [5.74, 6) is -0.795. The van der Waals surface area contributed by atoms with Crippen LogP contribution in [0.1, 0.15) is 16.1 Å². The number of hydrogen-bond acceptors (Lipinski definition) is 5. The third-order valence-corrected chi connectivity index (χ3v) is 4.41. The van der Waals surface area contributed by atoms with E-state index in [0.29, 0.717) is 16.3 Å².